The van der Waals surface area contributed by atoms with Crippen LogP contribution in [-0.4, -0.2) is 15.0 Å². The topological polar surface area (TPSA) is 38.7 Å². The Bertz CT molecular complexity index is 964. The standard InChI is InChI=1S/C23H19N3/c1-16-11-17(2)13-18(12-16)19-14-22(20-7-3-5-9-24-20)26-23(15-19)21-8-4-6-10-25-21/h3-15H,1-2H3. The van der Waals surface area contributed by atoms with Crippen LogP contribution in [-0.2, 0) is 0 Å². The van der Waals surface area contributed by atoms with Crippen molar-refractivity contribution in [1.82, 2.24) is 15.0 Å². The summed E-state index contributed by atoms with van der Waals surface area (Å²) in [6, 6.07) is 22.5. The maximum atomic E-state index is 4.82. The SMILES string of the molecule is Cc1cc(C)cc(-c2cc(-c3ccccn3)nc(-c3ccccn3)c2)c1. The van der Waals surface area contributed by atoms with Crippen molar-refractivity contribution < 1.29 is 0 Å². The lowest BCUT2D eigenvalue weighted by Gasteiger charge is -2.10. The first-order valence-electron chi connectivity index (χ1n) is 8.62. The molecule has 0 aliphatic carbocycles. The summed E-state index contributed by atoms with van der Waals surface area (Å²) in [4.78, 5) is 13.8. The summed E-state index contributed by atoms with van der Waals surface area (Å²) >= 11 is 0. The molecule has 0 aliphatic rings. The molecule has 0 spiro atoms. The Balaban J connectivity index is 1.93. The molecule has 0 bridgehead atoms. The van der Waals surface area contributed by atoms with Crippen LogP contribution in [0.5, 0.6) is 0 Å². The molecule has 0 aliphatic heterocycles. The van der Waals surface area contributed by atoms with Crippen LogP contribution < -0.4 is 0 Å². The second-order valence-corrected chi connectivity index (χ2v) is 6.43. The van der Waals surface area contributed by atoms with Gasteiger partial charge in [0.2, 0.25) is 0 Å². The molecule has 3 heterocycles. The van der Waals surface area contributed by atoms with E-state index < -0.39 is 0 Å². The highest BCUT2D eigenvalue weighted by Gasteiger charge is 2.10. The quantitative estimate of drug-likeness (QED) is 0.496. The molecule has 0 amide bonds. The van der Waals surface area contributed by atoms with Gasteiger partial charge in [0.25, 0.3) is 0 Å². The van der Waals surface area contributed by atoms with Gasteiger partial charge in [0.1, 0.15) is 0 Å². The number of pyridine rings is 3. The van der Waals surface area contributed by atoms with Gasteiger partial charge in [-0.15, -0.1) is 0 Å². The lowest BCUT2D eigenvalue weighted by Crippen LogP contribution is -1.94. The van der Waals surface area contributed by atoms with E-state index in [1.807, 2.05) is 36.4 Å². The smallest absolute Gasteiger partial charge is 0.0900 e. The monoisotopic (exact) mass is 337 g/mol. The lowest BCUT2D eigenvalue weighted by atomic mass is 9.99. The highest BCUT2D eigenvalue weighted by Crippen LogP contribution is 2.29. The van der Waals surface area contributed by atoms with Gasteiger partial charge in [0, 0.05) is 12.4 Å². The normalized spacial score (nSPS) is 10.7. The Morgan fingerprint density at radius 3 is 1.50 bits per heavy atom. The first kappa shape index (κ1) is 16.2. The maximum absolute atomic E-state index is 4.82. The van der Waals surface area contributed by atoms with Gasteiger partial charge < -0.3 is 0 Å². The minimum absolute atomic E-state index is 0.850. The summed E-state index contributed by atoms with van der Waals surface area (Å²) in [5.41, 5.74) is 8.20. The van der Waals surface area contributed by atoms with Gasteiger partial charge in [-0.2, -0.15) is 0 Å². The van der Waals surface area contributed by atoms with Crippen molar-refractivity contribution in [2.45, 2.75) is 13.8 Å². The first-order chi connectivity index (χ1) is 12.7. The summed E-state index contributed by atoms with van der Waals surface area (Å²) in [6.45, 7) is 4.24. The van der Waals surface area contributed by atoms with Crippen molar-refractivity contribution in [2.75, 3.05) is 0 Å². The Morgan fingerprint density at radius 1 is 0.538 bits per heavy atom. The summed E-state index contributed by atoms with van der Waals surface area (Å²) in [5, 5.41) is 0. The summed E-state index contributed by atoms with van der Waals surface area (Å²) in [5.74, 6) is 0. The van der Waals surface area contributed by atoms with Crippen LogP contribution in [0.25, 0.3) is 33.9 Å². The summed E-state index contributed by atoms with van der Waals surface area (Å²) in [6.07, 6.45) is 3.59. The zero-order valence-electron chi connectivity index (χ0n) is 14.8. The lowest BCUT2D eigenvalue weighted by molar-refractivity contribution is 1.22. The molecule has 0 fully saturated rings. The number of benzene rings is 1. The van der Waals surface area contributed by atoms with E-state index in [2.05, 4.69) is 54.1 Å². The molecule has 0 atom stereocenters. The van der Waals surface area contributed by atoms with Crippen molar-refractivity contribution in [2.24, 2.45) is 0 Å². The molecule has 0 radical (unpaired) electrons. The third kappa shape index (κ3) is 3.38. The largest absolute Gasteiger partial charge is 0.255 e. The van der Waals surface area contributed by atoms with Crippen LogP contribution in [0.2, 0.25) is 0 Å². The van der Waals surface area contributed by atoms with Crippen LogP contribution in [0.3, 0.4) is 0 Å². The molecular weight excluding hydrogens is 318 g/mol. The molecule has 126 valence electrons. The summed E-state index contributed by atoms with van der Waals surface area (Å²) in [7, 11) is 0. The Kier molecular flexibility index (Phi) is 4.28. The van der Waals surface area contributed by atoms with Crippen molar-refractivity contribution in [3.05, 3.63) is 90.3 Å². The predicted molar refractivity (Wildman–Crippen MR) is 106 cm³/mol. The van der Waals surface area contributed by atoms with Gasteiger partial charge in [0.05, 0.1) is 22.8 Å². The summed E-state index contributed by atoms with van der Waals surface area (Å²) < 4.78 is 0. The molecule has 26 heavy (non-hydrogen) atoms. The number of nitrogens with zero attached hydrogens (tertiary/aromatic N) is 3. The highest BCUT2D eigenvalue weighted by molar-refractivity contribution is 5.75. The number of aromatic nitrogens is 3. The second-order valence-electron chi connectivity index (χ2n) is 6.43. The van der Waals surface area contributed by atoms with Crippen molar-refractivity contribution in [1.29, 1.82) is 0 Å². The molecule has 3 nitrogen and oxygen atoms in total. The third-order valence-electron chi connectivity index (χ3n) is 4.24. The van der Waals surface area contributed by atoms with E-state index in [0.29, 0.717) is 0 Å². The van der Waals surface area contributed by atoms with Gasteiger partial charge in [0.15, 0.2) is 0 Å². The van der Waals surface area contributed by atoms with Crippen molar-refractivity contribution in [3.63, 3.8) is 0 Å². The zero-order chi connectivity index (χ0) is 17.9. The Labute approximate surface area is 153 Å². The van der Waals surface area contributed by atoms with E-state index in [-0.39, 0.29) is 0 Å². The van der Waals surface area contributed by atoms with E-state index in [4.69, 9.17) is 4.98 Å². The average Bonchev–Trinajstić information content (AvgIpc) is 2.68. The van der Waals surface area contributed by atoms with E-state index in [1.54, 1.807) is 12.4 Å². The highest BCUT2D eigenvalue weighted by atomic mass is 14.8. The molecule has 0 unspecified atom stereocenters. The zero-order valence-corrected chi connectivity index (χ0v) is 14.8. The molecule has 3 heteroatoms. The molecule has 1 aromatic carbocycles. The van der Waals surface area contributed by atoms with E-state index in [9.17, 15) is 0 Å². The fourth-order valence-electron chi connectivity index (χ4n) is 3.13. The molecular formula is C23H19N3. The van der Waals surface area contributed by atoms with Gasteiger partial charge in [-0.1, -0.05) is 41.5 Å². The predicted octanol–water partition coefficient (Wildman–Crippen LogP) is 5.49. The molecule has 4 rings (SSSR count). The van der Waals surface area contributed by atoms with E-state index in [1.165, 1.54) is 16.7 Å². The Hall–Kier alpha value is -3.33. The Morgan fingerprint density at radius 2 is 1.04 bits per heavy atom. The minimum atomic E-state index is 0.850. The first-order valence-corrected chi connectivity index (χ1v) is 8.62. The van der Waals surface area contributed by atoms with Gasteiger partial charge in [-0.3, -0.25) is 9.97 Å². The van der Waals surface area contributed by atoms with E-state index in [0.717, 1.165) is 28.3 Å². The fourth-order valence-corrected chi connectivity index (χ4v) is 3.13. The number of rotatable bonds is 3. The van der Waals surface area contributed by atoms with Crippen LogP contribution in [0.15, 0.2) is 79.1 Å². The molecule has 0 N–H and O–H groups in total. The fraction of sp³-hybridized carbons (Fsp3) is 0.0870. The minimum Gasteiger partial charge on any atom is -0.255 e. The van der Waals surface area contributed by atoms with Crippen molar-refractivity contribution >= 4 is 0 Å². The molecule has 3 aromatic heterocycles. The third-order valence-corrected chi connectivity index (χ3v) is 4.24. The molecule has 0 saturated heterocycles. The van der Waals surface area contributed by atoms with Crippen LogP contribution >= 0.6 is 0 Å². The van der Waals surface area contributed by atoms with E-state index >= 15 is 0 Å². The van der Waals surface area contributed by atoms with Gasteiger partial charge >= 0.3 is 0 Å². The number of hydrogen-bond acceptors (Lipinski definition) is 3. The number of hydrogen-bond donors (Lipinski definition) is 0. The molecule has 0 saturated carbocycles. The second kappa shape index (κ2) is 6.89. The van der Waals surface area contributed by atoms with Crippen molar-refractivity contribution in [3.8, 4) is 33.9 Å². The average molecular weight is 337 g/mol. The van der Waals surface area contributed by atoms with Gasteiger partial charge in [-0.25, -0.2) is 4.98 Å². The van der Waals surface area contributed by atoms with Gasteiger partial charge in [-0.05, 0) is 61.4 Å². The number of aryl methyl sites for hydroxylation is 2. The van der Waals surface area contributed by atoms with Crippen LogP contribution in [0.1, 0.15) is 11.1 Å². The van der Waals surface area contributed by atoms with Crippen LogP contribution in [0, 0.1) is 13.8 Å². The van der Waals surface area contributed by atoms with Crippen LogP contribution in [0.4, 0.5) is 0 Å². The molecule has 4 aromatic rings. The maximum Gasteiger partial charge on any atom is 0.0900 e.